The second-order valence-electron chi connectivity index (χ2n) is 7.68. The van der Waals surface area contributed by atoms with Crippen molar-refractivity contribution in [3.8, 4) is 11.4 Å². The molecule has 4 aromatic rings. The summed E-state index contributed by atoms with van der Waals surface area (Å²) < 4.78 is 46.4. The van der Waals surface area contributed by atoms with Crippen LogP contribution in [0.1, 0.15) is 29.4 Å². The van der Waals surface area contributed by atoms with Gasteiger partial charge >= 0.3 is 12.3 Å². The molecule has 5 nitrogen and oxygen atoms in total. The van der Waals surface area contributed by atoms with Crippen molar-refractivity contribution in [2.24, 2.45) is 0 Å². The third-order valence-corrected chi connectivity index (χ3v) is 5.79. The molecule has 3 aromatic carbocycles. The molecular formula is C25H20ClF3N2O3. The highest BCUT2D eigenvalue weighted by molar-refractivity contribution is 6.32. The Morgan fingerprint density at radius 1 is 1.09 bits per heavy atom. The molecule has 0 amide bonds. The number of hydrogen-bond acceptors (Lipinski definition) is 3. The van der Waals surface area contributed by atoms with Gasteiger partial charge < -0.3 is 9.84 Å². The number of benzene rings is 3. The molecule has 1 aromatic heterocycles. The molecule has 0 fully saturated rings. The van der Waals surface area contributed by atoms with Crippen LogP contribution in [0, 0.1) is 0 Å². The number of nitrogens with zero attached hydrogens (tertiary/aromatic N) is 2. The molecule has 0 saturated carbocycles. The number of aromatic nitrogens is 2. The molecular weight excluding hydrogens is 469 g/mol. The number of halogens is 4. The Hall–Kier alpha value is -3.52. The predicted molar refractivity (Wildman–Crippen MR) is 123 cm³/mol. The maximum Gasteiger partial charge on any atom is 0.511 e. The lowest BCUT2D eigenvalue weighted by molar-refractivity contribution is -0.137. The minimum atomic E-state index is -4.56. The van der Waals surface area contributed by atoms with E-state index in [9.17, 15) is 18.0 Å². The van der Waals surface area contributed by atoms with Gasteiger partial charge in [-0.1, -0.05) is 48.9 Å². The Morgan fingerprint density at radius 2 is 1.79 bits per heavy atom. The SMILES string of the molecule is CCc1nc2cc(C(F)(F)F)c(Cl)cc2n1-c1ccc(CCc2ccccc2OC(=O)O)cc1. The average molecular weight is 489 g/mol. The van der Waals surface area contributed by atoms with Crippen molar-refractivity contribution in [2.45, 2.75) is 32.4 Å². The summed E-state index contributed by atoms with van der Waals surface area (Å²) in [6.07, 6.45) is -4.18. The summed E-state index contributed by atoms with van der Waals surface area (Å²) >= 11 is 5.96. The van der Waals surface area contributed by atoms with Crippen molar-refractivity contribution in [2.75, 3.05) is 0 Å². The summed E-state index contributed by atoms with van der Waals surface area (Å²) in [6, 6.07) is 16.8. The minimum absolute atomic E-state index is 0.229. The van der Waals surface area contributed by atoms with E-state index in [2.05, 4.69) is 4.98 Å². The van der Waals surface area contributed by atoms with Gasteiger partial charge in [0.15, 0.2) is 0 Å². The minimum Gasteiger partial charge on any atom is -0.449 e. The zero-order chi connectivity index (χ0) is 24.5. The van der Waals surface area contributed by atoms with Crippen molar-refractivity contribution in [1.82, 2.24) is 9.55 Å². The van der Waals surface area contributed by atoms with Crippen LogP contribution < -0.4 is 4.74 Å². The number of hydrogen-bond donors (Lipinski definition) is 1. The molecule has 0 bridgehead atoms. The molecule has 9 heteroatoms. The normalized spacial score (nSPS) is 11.7. The van der Waals surface area contributed by atoms with Gasteiger partial charge in [-0.25, -0.2) is 9.78 Å². The topological polar surface area (TPSA) is 64.4 Å². The molecule has 1 heterocycles. The Labute approximate surface area is 198 Å². The lowest BCUT2D eigenvalue weighted by atomic mass is 10.0. The third kappa shape index (κ3) is 4.87. The van der Waals surface area contributed by atoms with Crippen molar-refractivity contribution in [3.05, 3.63) is 88.2 Å². The van der Waals surface area contributed by atoms with E-state index in [1.54, 1.807) is 16.7 Å². The predicted octanol–water partition coefficient (Wildman–Crippen LogP) is 7.10. The van der Waals surface area contributed by atoms with Crippen LogP contribution in [0.2, 0.25) is 5.02 Å². The lowest BCUT2D eigenvalue weighted by Crippen LogP contribution is -2.06. The number of imidazole rings is 1. The zero-order valence-electron chi connectivity index (χ0n) is 18.1. The van der Waals surface area contributed by atoms with Gasteiger partial charge in [0, 0.05) is 12.1 Å². The molecule has 0 aliphatic heterocycles. The van der Waals surface area contributed by atoms with E-state index < -0.39 is 17.9 Å². The number of fused-ring (bicyclic) bond motifs is 1. The summed E-state index contributed by atoms with van der Waals surface area (Å²) in [5, 5.41) is 8.52. The fraction of sp³-hybridized carbons (Fsp3) is 0.200. The molecule has 0 aliphatic carbocycles. The summed E-state index contributed by atoms with van der Waals surface area (Å²) in [7, 11) is 0. The molecule has 0 saturated heterocycles. The van der Waals surface area contributed by atoms with E-state index in [0.717, 1.165) is 22.9 Å². The standard InChI is InChI=1S/C25H20ClF3N2O3/c1-2-23-30-20-13-18(25(27,28)29)19(26)14-21(20)31(23)17-11-8-15(9-12-17)7-10-16-5-3-4-6-22(16)34-24(32)33/h3-6,8-9,11-14H,2,7,10H2,1H3,(H,32,33). The van der Waals surface area contributed by atoms with Crippen LogP contribution in [0.15, 0.2) is 60.7 Å². The highest BCUT2D eigenvalue weighted by atomic mass is 35.5. The summed E-state index contributed by atoms with van der Waals surface area (Å²) in [5.41, 5.74) is 2.37. The van der Waals surface area contributed by atoms with Crippen molar-refractivity contribution >= 4 is 28.8 Å². The van der Waals surface area contributed by atoms with Crippen molar-refractivity contribution in [3.63, 3.8) is 0 Å². The summed E-state index contributed by atoms with van der Waals surface area (Å²) in [4.78, 5) is 15.3. The first-order valence-electron chi connectivity index (χ1n) is 10.5. The van der Waals surface area contributed by atoms with E-state index in [-0.39, 0.29) is 10.5 Å². The highest BCUT2D eigenvalue weighted by Crippen LogP contribution is 2.38. The Bertz CT molecular complexity index is 1350. The lowest BCUT2D eigenvalue weighted by Gasteiger charge is -2.12. The van der Waals surface area contributed by atoms with Crippen LogP contribution in [0.25, 0.3) is 16.7 Å². The van der Waals surface area contributed by atoms with Crippen LogP contribution in [0.3, 0.4) is 0 Å². The number of para-hydroxylation sites is 1. The second kappa shape index (κ2) is 9.38. The van der Waals surface area contributed by atoms with E-state index in [0.29, 0.717) is 36.4 Å². The first-order valence-corrected chi connectivity index (χ1v) is 10.9. The Kier molecular flexibility index (Phi) is 6.52. The quantitative estimate of drug-likeness (QED) is 0.232. The fourth-order valence-electron chi connectivity index (χ4n) is 3.89. The van der Waals surface area contributed by atoms with Gasteiger partial charge in [0.25, 0.3) is 0 Å². The molecule has 34 heavy (non-hydrogen) atoms. The van der Waals surface area contributed by atoms with Gasteiger partial charge in [0.05, 0.1) is 21.6 Å². The molecule has 0 aliphatic rings. The third-order valence-electron chi connectivity index (χ3n) is 5.48. The van der Waals surface area contributed by atoms with Gasteiger partial charge in [-0.3, -0.25) is 4.57 Å². The van der Waals surface area contributed by atoms with Crippen LogP contribution in [0.5, 0.6) is 5.75 Å². The van der Waals surface area contributed by atoms with E-state index in [1.807, 2.05) is 43.3 Å². The second-order valence-corrected chi connectivity index (χ2v) is 8.08. The van der Waals surface area contributed by atoms with Gasteiger partial charge in [-0.05, 0) is 54.3 Å². The Morgan fingerprint density at radius 3 is 2.44 bits per heavy atom. The number of carboxylic acid groups (broad SMARTS) is 1. The molecule has 176 valence electrons. The maximum absolute atomic E-state index is 13.3. The van der Waals surface area contributed by atoms with Gasteiger partial charge in [-0.15, -0.1) is 0 Å². The molecule has 0 radical (unpaired) electrons. The molecule has 0 spiro atoms. The number of alkyl halides is 3. The van der Waals surface area contributed by atoms with Gasteiger partial charge in [-0.2, -0.15) is 13.2 Å². The zero-order valence-corrected chi connectivity index (χ0v) is 18.8. The Balaban J connectivity index is 1.61. The maximum atomic E-state index is 13.3. The first kappa shape index (κ1) is 23.6. The van der Waals surface area contributed by atoms with Crippen LogP contribution in [-0.4, -0.2) is 20.8 Å². The number of rotatable bonds is 6. The number of ether oxygens (including phenoxy) is 1. The smallest absolute Gasteiger partial charge is 0.449 e. The van der Waals surface area contributed by atoms with Gasteiger partial charge in [0.2, 0.25) is 0 Å². The fourth-order valence-corrected chi connectivity index (χ4v) is 4.15. The molecule has 4 rings (SSSR count). The summed E-state index contributed by atoms with van der Waals surface area (Å²) in [6.45, 7) is 1.88. The van der Waals surface area contributed by atoms with E-state index in [1.165, 1.54) is 6.07 Å². The average Bonchev–Trinajstić information content (AvgIpc) is 3.14. The summed E-state index contributed by atoms with van der Waals surface area (Å²) in [5.74, 6) is 0.928. The highest BCUT2D eigenvalue weighted by Gasteiger charge is 2.34. The van der Waals surface area contributed by atoms with Gasteiger partial charge in [0.1, 0.15) is 11.6 Å². The monoisotopic (exact) mass is 488 g/mol. The molecule has 0 atom stereocenters. The number of carbonyl (C=O) groups is 1. The first-order chi connectivity index (χ1) is 16.2. The van der Waals surface area contributed by atoms with Crippen molar-refractivity contribution < 1.29 is 27.8 Å². The molecule has 1 N–H and O–H groups in total. The van der Waals surface area contributed by atoms with E-state index in [4.69, 9.17) is 21.4 Å². The van der Waals surface area contributed by atoms with Crippen LogP contribution >= 0.6 is 11.6 Å². The van der Waals surface area contributed by atoms with Crippen LogP contribution in [0.4, 0.5) is 18.0 Å². The van der Waals surface area contributed by atoms with Crippen LogP contribution in [-0.2, 0) is 25.4 Å². The van der Waals surface area contributed by atoms with Crippen molar-refractivity contribution in [1.29, 1.82) is 0 Å². The number of aryl methyl sites for hydroxylation is 3. The van der Waals surface area contributed by atoms with E-state index >= 15 is 0 Å². The molecule has 0 unspecified atom stereocenters. The largest absolute Gasteiger partial charge is 0.511 e.